The van der Waals surface area contributed by atoms with Crippen molar-refractivity contribution in [1.29, 1.82) is 0 Å². The number of hydrogen-bond acceptors (Lipinski definition) is 7. The van der Waals surface area contributed by atoms with E-state index in [9.17, 15) is 0 Å². The highest BCUT2D eigenvalue weighted by molar-refractivity contribution is 5.58. The molecule has 1 aromatic carbocycles. The fourth-order valence-corrected chi connectivity index (χ4v) is 1.57. The molecule has 2 aromatic rings. The molecule has 7 nitrogen and oxygen atoms in total. The van der Waals surface area contributed by atoms with Crippen LogP contribution in [0.15, 0.2) is 24.3 Å². The molecule has 0 radical (unpaired) electrons. The topological polar surface area (TPSA) is 98.0 Å². The summed E-state index contributed by atoms with van der Waals surface area (Å²) < 4.78 is 5.41. The van der Waals surface area contributed by atoms with Gasteiger partial charge in [-0.05, 0) is 25.0 Å². The molecule has 2 rings (SSSR count). The predicted molar refractivity (Wildman–Crippen MR) is 77.9 cm³/mol. The molecule has 20 heavy (non-hydrogen) atoms. The monoisotopic (exact) mass is 274 g/mol. The average Bonchev–Trinajstić information content (AvgIpc) is 2.47. The van der Waals surface area contributed by atoms with E-state index in [1.165, 1.54) is 0 Å². The second kappa shape index (κ2) is 6.67. The minimum atomic E-state index is 0.242. The summed E-state index contributed by atoms with van der Waals surface area (Å²) in [5.41, 5.74) is 4.41. The first-order valence-corrected chi connectivity index (χ1v) is 6.41. The number of nitrogens with zero attached hydrogens (tertiary/aromatic N) is 3. The summed E-state index contributed by atoms with van der Waals surface area (Å²) in [6.07, 6.45) is 0.873. The van der Waals surface area contributed by atoms with Crippen molar-refractivity contribution >= 4 is 17.6 Å². The number of para-hydroxylation sites is 1. The molecule has 4 N–H and O–H groups in total. The van der Waals surface area contributed by atoms with Crippen molar-refractivity contribution in [3.05, 3.63) is 29.8 Å². The maximum absolute atomic E-state index is 5.41. The minimum Gasteiger partial charge on any atom is -0.463 e. The van der Waals surface area contributed by atoms with E-state index in [0.29, 0.717) is 12.6 Å². The largest absolute Gasteiger partial charge is 0.463 e. The van der Waals surface area contributed by atoms with Crippen LogP contribution in [0.5, 0.6) is 6.01 Å². The number of nitrogens with two attached hydrogens (primary N) is 1. The molecular weight excluding hydrogens is 256 g/mol. The molecule has 1 aromatic heterocycles. The summed E-state index contributed by atoms with van der Waals surface area (Å²) >= 11 is 0. The van der Waals surface area contributed by atoms with Gasteiger partial charge in [-0.15, -0.1) is 0 Å². The van der Waals surface area contributed by atoms with Crippen molar-refractivity contribution in [1.82, 2.24) is 15.0 Å². The molecule has 0 unspecified atom stereocenters. The van der Waals surface area contributed by atoms with Gasteiger partial charge in [0.25, 0.3) is 0 Å². The Kier molecular flexibility index (Phi) is 4.67. The second-order valence-corrected chi connectivity index (χ2v) is 4.20. The van der Waals surface area contributed by atoms with E-state index in [0.717, 1.165) is 17.7 Å². The molecule has 7 heteroatoms. The van der Waals surface area contributed by atoms with E-state index in [1.54, 1.807) is 0 Å². The molecule has 106 valence electrons. The van der Waals surface area contributed by atoms with Crippen molar-refractivity contribution in [2.24, 2.45) is 5.84 Å². The van der Waals surface area contributed by atoms with Crippen molar-refractivity contribution < 1.29 is 4.74 Å². The predicted octanol–water partition coefficient (Wildman–Crippen LogP) is 2.00. The smallest absolute Gasteiger partial charge is 0.323 e. The van der Waals surface area contributed by atoms with Gasteiger partial charge in [0.2, 0.25) is 11.9 Å². The SMILES string of the molecule is CCCOc1nc(NN)nc(Nc2ccccc2C)n1. The number of nitrogen functional groups attached to an aromatic ring is 1. The molecule has 0 spiro atoms. The Balaban J connectivity index is 2.24. The number of aryl methyl sites for hydroxylation is 1. The molecule has 0 aliphatic rings. The van der Waals surface area contributed by atoms with Crippen molar-refractivity contribution in [3.63, 3.8) is 0 Å². The van der Waals surface area contributed by atoms with E-state index in [1.807, 2.05) is 38.1 Å². The number of nitrogens with one attached hydrogen (secondary N) is 2. The summed E-state index contributed by atoms with van der Waals surface area (Å²) in [6, 6.07) is 8.09. The highest BCUT2D eigenvalue weighted by atomic mass is 16.5. The van der Waals surface area contributed by atoms with Crippen molar-refractivity contribution in [3.8, 4) is 6.01 Å². The highest BCUT2D eigenvalue weighted by Gasteiger charge is 2.08. The zero-order valence-electron chi connectivity index (χ0n) is 11.6. The number of ether oxygens (including phenoxy) is 1. The van der Waals surface area contributed by atoms with Crippen molar-refractivity contribution in [2.45, 2.75) is 20.3 Å². The number of aromatic nitrogens is 3. The summed E-state index contributed by atoms with van der Waals surface area (Å²) in [4.78, 5) is 12.4. The van der Waals surface area contributed by atoms with E-state index < -0.39 is 0 Å². The summed E-state index contributed by atoms with van der Waals surface area (Å²) in [6.45, 7) is 4.55. The van der Waals surface area contributed by atoms with Gasteiger partial charge < -0.3 is 10.1 Å². The fraction of sp³-hybridized carbons (Fsp3) is 0.308. The van der Waals surface area contributed by atoms with Gasteiger partial charge in [-0.25, -0.2) is 5.84 Å². The number of hydrazine groups is 1. The van der Waals surface area contributed by atoms with E-state index >= 15 is 0 Å². The van der Waals surface area contributed by atoms with Gasteiger partial charge in [-0.2, -0.15) is 15.0 Å². The van der Waals surface area contributed by atoms with Crippen LogP contribution in [0, 0.1) is 6.92 Å². The van der Waals surface area contributed by atoms with Gasteiger partial charge in [0.05, 0.1) is 6.61 Å². The maximum Gasteiger partial charge on any atom is 0.323 e. The molecule has 0 aliphatic heterocycles. The third kappa shape index (κ3) is 3.55. The maximum atomic E-state index is 5.41. The van der Waals surface area contributed by atoms with Crippen LogP contribution in [0.3, 0.4) is 0 Å². The highest BCUT2D eigenvalue weighted by Crippen LogP contribution is 2.19. The minimum absolute atomic E-state index is 0.242. The Bertz CT molecular complexity index is 575. The van der Waals surface area contributed by atoms with Crippen LogP contribution in [0.2, 0.25) is 0 Å². The van der Waals surface area contributed by atoms with Gasteiger partial charge >= 0.3 is 6.01 Å². The fourth-order valence-electron chi connectivity index (χ4n) is 1.57. The number of anilines is 3. The first-order chi connectivity index (χ1) is 9.72. The van der Waals surface area contributed by atoms with Gasteiger partial charge in [-0.1, -0.05) is 25.1 Å². The summed E-state index contributed by atoms with van der Waals surface area (Å²) in [7, 11) is 0. The molecular formula is C13H18N6O. The van der Waals surface area contributed by atoms with Crippen LogP contribution >= 0.6 is 0 Å². The van der Waals surface area contributed by atoms with E-state index in [2.05, 4.69) is 25.7 Å². The third-order valence-electron chi connectivity index (χ3n) is 2.57. The van der Waals surface area contributed by atoms with Crippen molar-refractivity contribution in [2.75, 3.05) is 17.3 Å². The summed E-state index contributed by atoms with van der Waals surface area (Å²) in [5, 5.41) is 3.13. The lowest BCUT2D eigenvalue weighted by molar-refractivity contribution is 0.292. The first kappa shape index (κ1) is 14.0. The van der Waals surface area contributed by atoms with Crippen LogP contribution in [-0.4, -0.2) is 21.6 Å². The van der Waals surface area contributed by atoms with Gasteiger partial charge in [-0.3, -0.25) is 5.43 Å². The van der Waals surface area contributed by atoms with Gasteiger partial charge in [0, 0.05) is 5.69 Å². The lowest BCUT2D eigenvalue weighted by Crippen LogP contribution is -2.14. The normalized spacial score (nSPS) is 10.2. The summed E-state index contributed by atoms with van der Waals surface area (Å²) in [5.74, 6) is 5.99. The lowest BCUT2D eigenvalue weighted by Gasteiger charge is -2.10. The number of rotatable bonds is 6. The Morgan fingerprint density at radius 3 is 2.60 bits per heavy atom. The molecule has 0 bridgehead atoms. The van der Waals surface area contributed by atoms with Crippen LogP contribution in [0.1, 0.15) is 18.9 Å². The van der Waals surface area contributed by atoms with Crippen LogP contribution < -0.4 is 21.3 Å². The molecule has 0 atom stereocenters. The zero-order valence-corrected chi connectivity index (χ0v) is 11.6. The number of benzene rings is 1. The Labute approximate surface area is 117 Å². The van der Waals surface area contributed by atoms with Crippen LogP contribution in [0.25, 0.3) is 0 Å². The Morgan fingerprint density at radius 1 is 1.15 bits per heavy atom. The zero-order chi connectivity index (χ0) is 14.4. The standard InChI is InChI=1S/C13H18N6O/c1-3-8-20-13-17-11(16-12(18-13)19-14)15-10-7-5-4-6-9(10)2/h4-7H,3,8,14H2,1-2H3,(H2,15,16,17,18,19). The second-order valence-electron chi connectivity index (χ2n) is 4.20. The van der Waals surface area contributed by atoms with Crippen LogP contribution in [0.4, 0.5) is 17.6 Å². The van der Waals surface area contributed by atoms with Gasteiger partial charge in [0.1, 0.15) is 0 Å². The third-order valence-corrected chi connectivity index (χ3v) is 2.57. The molecule has 0 saturated heterocycles. The van der Waals surface area contributed by atoms with Crippen LogP contribution in [-0.2, 0) is 0 Å². The molecule has 0 aliphatic carbocycles. The van der Waals surface area contributed by atoms with E-state index in [-0.39, 0.29) is 12.0 Å². The Hall–Kier alpha value is -2.41. The molecule has 0 saturated carbocycles. The van der Waals surface area contributed by atoms with Gasteiger partial charge in [0.15, 0.2) is 0 Å². The Morgan fingerprint density at radius 2 is 1.90 bits per heavy atom. The average molecular weight is 274 g/mol. The molecule has 1 heterocycles. The van der Waals surface area contributed by atoms with E-state index in [4.69, 9.17) is 10.6 Å². The number of hydrogen-bond donors (Lipinski definition) is 3. The molecule has 0 amide bonds. The molecule has 0 fully saturated rings. The quantitative estimate of drug-likeness (QED) is 0.547. The first-order valence-electron chi connectivity index (χ1n) is 6.41. The lowest BCUT2D eigenvalue weighted by atomic mass is 10.2.